The maximum absolute atomic E-state index is 13.4. The zero-order valence-corrected chi connectivity index (χ0v) is 25.6. The number of nitrogens with zero attached hydrogens (tertiary/aromatic N) is 4. The van der Waals surface area contributed by atoms with Crippen molar-refractivity contribution in [3.05, 3.63) is 102 Å². The first-order chi connectivity index (χ1) is 21.8. The maximum atomic E-state index is 13.4. The highest BCUT2D eigenvalue weighted by atomic mass is 16.5. The molecule has 0 bridgehead atoms. The lowest BCUT2D eigenvalue weighted by Crippen LogP contribution is -2.38. The van der Waals surface area contributed by atoms with Gasteiger partial charge in [0.2, 0.25) is 11.8 Å². The van der Waals surface area contributed by atoms with Gasteiger partial charge in [0.05, 0.1) is 22.7 Å². The molecule has 0 spiro atoms. The number of pyridine rings is 1. The third kappa shape index (κ3) is 6.47. The summed E-state index contributed by atoms with van der Waals surface area (Å²) in [6.45, 7) is 7.56. The summed E-state index contributed by atoms with van der Waals surface area (Å²) in [6.07, 6.45) is 5.62. The molecule has 1 atom stereocenters. The summed E-state index contributed by atoms with van der Waals surface area (Å²) in [5, 5.41) is 21.1. The minimum atomic E-state index is -0.708. The van der Waals surface area contributed by atoms with Crippen molar-refractivity contribution in [1.29, 1.82) is 5.26 Å². The summed E-state index contributed by atoms with van der Waals surface area (Å²) in [5.74, 6) is 1.37. The molecule has 1 aliphatic rings. The Hall–Kier alpha value is -5.33. The largest absolute Gasteiger partial charge is 0.437 e. The number of hydrogen-bond donors (Lipinski definition) is 3. The van der Waals surface area contributed by atoms with E-state index in [1.165, 1.54) is 0 Å². The monoisotopic (exact) mass is 597 g/mol. The lowest BCUT2D eigenvalue weighted by molar-refractivity contribution is 0.102. The zero-order chi connectivity index (χ0) is 31.4. The molecule has 2 aromatic heterocycles. The van der Waals surface area contributed by atoms with E-state index in [1.54, 1.807) is 30.6 Å². The molecular weight excluding hydrogens is 562 g/mol. The van der Waals surface area contributed by atoms with Crippen LogP contribution in [-0.2, 0) is 5.41 Å². The Morgan fingerprint density at radius 3 is 2.71 bits per heavy atom. The SMILES string of the molecule is Cc1ccc2c(NC(=O)c3cccc(C(C)(C)C#N)c3)cccc2c1Oc1ncccc1-c1ccnc(N[C@H]2CCCNC2)n1. The van der Waals surface area contributed by atoms with Gasteiger partial charge in [0, 0.05) is 47.0 Å². The van der Waals surface area contributed by atoms with E-state index >= 15 is 0 Å². The number of hydrogen-bond acceptors (Lipinski definition) is 8. The average Bonchev–Trinajstić information content (AvgIpc) is 3.07. The number of carbonyl (C=O) groups excluding carboxylic acids is 1. The van der Waals surface area contributed by atoms with E-state index in [9.17, 15) is 10.1 Å². The van der Waals surface area contributed by atoms with E-state index in [0.717, 1.165) is 53.4 Å². The molecule has 1 amide bonds. The molecule has 5 aromatic rings. The maximum Gasteiger partial charge on any atom is 0.255 e. The lowest BCUT2D eigenvalue weighted by atomic mass is 9.85. The van der Waals surface area contributed by atoms with Crippen LogP contribution in [0.15, 0.2) is 85.2 Å². The Kier molecular flexibility index (Phi) is 8.41. The van der Waals surface area contributed by atoms with E-state index < -0.39 is 5.41 Å². The molecule has 3 aromatic carbocycles. The van der Waals surface area contributed by atoms with Crippen LogP contribution in [0.2, 0.25) is 0 Å². The molecule has 9 nitrogen and oxygen atoms in total. The predicted molar refractivity (Wildman–Crippen MR) is 177 cm³/mol. The number of piperidine rings is 1. The van der Waals surface area contributed by atoms with Crippen LogP contribution in [0.1, 0.15) is 48.2 Å². The first kappa shape index (κ1) is 29.7. The van der Waals surface area contributed by atoms with Crippen molar-refractivity contribution >= 4 is 28.3 Å². The van der Waals surface area contributed by atoms with Crippen LogP contribution in [0.4, 0.5) is 11.6 Å². The quantitative estimate of drug-likeness (QED) is 0.174. The molecule has 45 heavy (non-hydrogen) atoms. The first-order valence-corrected chi connectivity index (χ1v) is 15.1. The average molecular weight is 598 g/mol. The van der Waals surface area contributed by atoms with E-state index in [-0.39, 0.29) is 11.9 Å². The second-order valence-corrected chi connectivity index (χ2v) is 11.8. The minimum absolute atomic E-state index is 0.259. The van der Waals surface area contributed by atoms with Gasteiger partial charge in [-0.2, -0.15) is 5.26 Å². The number of benzene rings is 3. The van der Waals surface area contributed by atoms with Crippen molar-refractivity contribution in [3.63, 3.8) is 0 Å². The Morgan fingerprint density at radius 1 is 1.02 bits per heavy atom. The fraction of sp³-hybridized carbons (Fsp3) is 0.250. The number of aryl methyl sites for hydroxylation is 1. The smallest absolute Gasteiger partial charge is 0.255 e. The molecule has 1 aliphatic heterocycles. The second kappa shape index (κ2) is 12.7. The molecule has 6 rings (SSSR count). The van der Waals surface area contributed by atoms with E-state index in [1.807, 2.05) is 75.4 Å². The number of amides is 1. The van der Waals surface area contributed by atoms with E-state index in [4.69, 9.17) is 9.72 Å². The highest BCUT2D eigenvalue weighted by Gasteiger charge is 2.22. The van der Waals surface area contributed by atoms with Gasteiger partial charge < -0.3 is 20.7 Å². The molecule has 0 radical (unpaired) electrons. The highest BCUT2D eigenvalue weighted by Crippen LogP contribution is 2.39. The summed E-state index contributed by atoms with van der Waals surface area (Å²) >= 11 is 0. The molecule has 0 aliphatic carbocycles. The Morgan fingerprint density at radius 2 is 1.89 bits per heavy atom. The van der Waals surface area contributed by atoms with Crippen molar-refractivity contribution in [2.75, 3.05) is 23.7 Å². The minimum Gasteiger partial charge on any atom is -0.437 e. The number of ether oxygens (including phenoxy) is 1. The number of anilines is 2. The first-order valence-electron chi connectivity index (χ1n) is 15.1. The van der Waals surface area contributed by atoms with Gasteiger partial charge in [-0.1, -0.05) is 36.4 Å². The third-order valence-electron chi connectivity index (χ3n) is 8.11. The number of aromatic nitrogens is 3. The predicted octanol–water partition coefficient (Wildman–Crippen LogP) is 7.01. The molecular formula is C36H35N7O2. The van der Waals surface area contributed by atoms with E-state index in [2.05, 4.69) is 32.0 Å². The van der Waals surface area contributed by atoms with E-state index in [0.29, 0.717) is 34.5 Å². The summed E-state index contributed by atoms with van der Waals surface area (Å²) in [4.78, 5) is 27.2. The molecule has 1 saturated heterocycles. The molecule has 3 N–H and O–H groups in total. The van der Waals surface area contributed by atoms with Crippen molar-refractivity contribution in [3.8, 4) is 29.0 Å². The van der Waals surface area contributed by atoms with Gasteiger partial charge in [-0.3, -0.25) is 4.79 Å². The fourth-order valence-corrected chi connectivity index (χ4v) is 5.49. The van der Waals surface area contributed by atoms with Gasteiger partial charge in [-0.15, -0.1) is 0 Å². The Bertz CT molecular complexity index is 1910. The van der Waals surface area contributed by atoms with Gasteiger partial charge in [0.15, 0.2) is 0 Å². The summed E-state index contributed by atoms with van der Waals surface area (Å²) < 4.78 is 6.56. The van der Waals surface area contributed by atoms with Crippen LogP contribution >= 0.6 is 0 Å². The van der Waals surface area contributed by atoms with Crippen molar-refractivity contribution in [2.24, 2.45) is 0 Å². The fourth-order valence-electron chi connectivity index (χ4n) is 5.49. The van der Waals surface area contributed by atoms with Crippen LogP contribution in [0.3, 0.4) is 0 Å². The van der Waals surface area contributed by atoms with Crippen LogP contribution in [-0.4, -0.2) is 40.0 Å². The molecule has 0 saturated carbocycles. The highest BCUT2D eigenvalue weighted by molar-refractivity contribution is 6.10. The van der Waals surface area contributed by atoms with Crippen LogP contribution < -0.4 is 20.7 Å². The van der Waals surface area contributed by atoms with Gasteiger partial charge in [0.25, 0.3) is 5.91 Å². The van der Waals surface area contributed by atoms with Gasteiger partial charge in [-0.05, 0) is 87.7 Å². The standard InChI is InChI=1S/C36H35N7O2/c1-23-14-15-27-28(11-5-13-30(27)42-33(44)24-8-4-9-25(20-24)36(2,3)22-37)32(23)45-34-29(12-7-18-39-34)31-16-19-40-35(43-31)41-26-10-6-17-38-21-26/h4-5,7-9,11-16,18-20,26,38H,6,10,17,21H2,1-3H3,(H,42,44)(H,40,41,43)/t26-/m0/s1. The second-order valence-electron chi connectivity index (χ2n) is 11.8. The molecule has 9 heteroatoms. The van der Waals surface area contributed by atoms with Gasteiger partial charge in [0.1, 0.15) is 5.75 Å². The van der Waals surface area contributed by atoms with Crippen molar-refractivity contribution < 1.29 is 9.53 Å². The summed E-state index contributed by atoms with van der Waals surface area (Å²) in [7, 11) is 0. The number of nitriles is 1. The number of rotatable bonds is 8. The Labute approximate surface area is 262 Å². The molecule has 0 unspecified atom stereocenters. The zero-order valence-electron chi connectivity index (χ0n) is 25.6. The normalized spacial score (nSPS) is 14.8. The van der Waals surface area contributed by atoms with Crippen LogP contribution in [0, 0.1) is 18.3 Å². The van der Waals surface area contributed by atoms with Crippen LogP contribution in [0.25, 0.3) is 22.0 Å². The molecule has 1 fully saturated rings. The number of carbonyl (C=O) groups is 1. The molecule has 3 heterocycles. The summed E-state index contributed by atoms with van der Waals surface area (Å²) in [5.41, 5.74) is 3.57. The topological polar surface area (TPSA) is 125 Å². The van der Waals surface area contributed by atoms with Gasteiger partial charge in [-0.25, -0.2) is 15.0 Å². The number of nitrogens with one attached hydrogen (secondary N) is 3. The van der Waals surface area contributed by atoms with Gasteiger partial charge >= 0.3 is 0 Å². The van der Waals surface area contributed by atoms with Crippen LogP contribution in [0.5, 0.6) is 11.6 Å². The third-order valence-corrected chi connectivity index (χ3v) is 8.11. The molecule has 226 valence electrons. The van der Waals surface area contributed by atoms with Crippen molar-refractivity contribution in [2.45, 2.75) is 45.1 Å². The van der Waals surface area contributed by atoms with Crippen molar-refractivity contribution in [1.82, 2.24) is 20.3 Å². The Balaban J connectivity index is 1.30. The summed E-state index contributed by atoms with van der Waals surface area (Å²) in [6, 6.07) is 25.1. The number of fused-ring (bicyclic) bond motifs is 1. The lowest BCUT2D eigenvalue weighted by Gasteiger charge is -2.23.